The van der Waals surface area contributed by atoms with Gasteiger partial charge in [0.25, 0.3) is 0 Å². The number of halogens is 1. The van der Waals surface area contributed by atoms with Crippen LogP contribution >= 0.6 is 15.9 Å². The van der Waals surface area contributed by atoms with Gasteiger partial charge < -0.3 is 10.1 Å². The lowest BCUT2D eigenvalue weighted by Gasteiger charge is -2.23. The van der Waals surface area contributed by atoms with Gasteiger partial charge in [0, 0.05) is 28.1 Å². The van der Waals surface area contributed by atoms with Gasteiger partial charge in [0.05, 0.1) is 5.41 Å². The molecular weight excluding hydrogens is 470 g/mol. The molecule has 1 fully saturated rings. The van der Waals surface area contributed by atoms with E-state index in [2.05, 4.69) is 21.2 Å². The number of rotatable bonds is 5. The largest absolute Gasteiger partial charge is 0.425 e. The number of esters is 1. The average Bonchev–Trinajstić information content (AvgIpc) is 3.42. The molecule has 1 saturated carbocycles. The maximum atomic E-state index is 13.7. The van der Waals surface area contributed by atoms with E-state index < -0.39 is 28.6 Å². The number of amides is 1. The molecule has 5 rings (SSSR count). The zero-order valence-electron chi connectivity index (χ0n) is 17.3. The van der Waals surface area contributed by atoms with Crippen LogP contribution in [0.4, 0.5) is 0 Å². The van der Waals surface area contributed by atoms with Gasteiger partial charge in [0.15, 0.2) is 11.2 Å². The van der Waals surface area contributed by atoms with Crippen molar-refractivity contribution in [1.29, 1.82) is 0 Å². The molecular formula is C26H20BrNO4. The summed E-state index contributed by atoms with van der Waals surface area (Å²) in [4.78, 5) is 40.7. The summed E-state index contributed by atoms with van der Waals surface area (Å²) in [7, 11) is 0. The van der Waals surface area contributed by atoms with E-state index >= 15 is 0 Å². The van der Waals surface area contributed by atoms with Crippen LogP contribution in [0.3, 0.4) is 0 Å². The zero-order valence-corrected chi connectivity index (χ0v) is 18.9. The maximum Gasteiger partial charge on any atom is 0.328 e. The highest BCUT2D eigenvalue weighted by Crippen LogP contribution is 2.78. The number of ketones is 1. The number of hydrogen-bond acceptors (Lipinski definition) is 4. The Morgan fingerprint density at radius 2 is 1.66 bits per heavy atom. The highest BCUT2D eigenvalue weighted by Gasteiger charge is 2.88. The number of hydrogen-bond donors (Lipinski definition) is 1. The number of ether oxygens (including phenoxy) is 1. The Morgan fingerprint density at radius 1 is 1.00 bits per heavy atom. The summed E-state index contributed by atoms with van der Waals surface area (Å²) in [5.41, 5.74) is -0.844. The van der Waals surface area contributed by atoms with E-state index in [0.29, 0.717) is 16.9 Å². The summed E-state index contributed by atoms with van der Waals surface area (Å²) in [6.07, 6.45) is 0. The van der Waals surface area contributed by atoms with Crippen molar-refractivity contribution < 1.29 is 19.1 Å². The molecule has 0 aromatic heterocycles. The van der Waals surface area contributed by atoms with Gasteiger partial charge in [-0.1, -0.05) is 76.6 Å². The first kappa shape index (κ1) is 20.6. The number of carbonyl (C=O) groups is 3. The summed E-state index contributed by atoms with van der Waals surface area (Å²) >= 11 is 3.46. The number of carbonyl (C=O) groups excluding carboxylic acids is 3. The van der Waals surface area contributed by atoms with E-state index in [-0.39, 0.29) is 12.3 Å². The van der Waals surface area contributed by atoms with Crippen LogP contribution < -0.4 is 10.1 Å². The van der Waals surface area contributed by atoms with Gasteiger partial charge in [0.1, 0.15) is 5.75 Å². The standard InChI is InChI=1S/C26H20BrNO4/c1-25(22(29)17-10-6-3-7-11-17)21-19-14-18(27)12-13-20(19)32-24(31)26(21,25)23(30)28-15-16-8-4-2-5-9-16/h2-14,21H,15H2,1H3,(H,28,30)/t21-,25-,26-/m0/s1. The second-order valence-electron chi connectivity index (χ2n) is 8.38. The molecule has 1 heterocycles. The third-order valence-electron chi connectivity index (χ3n) is 6.72. The van der Waals surface area contributed by atoms with Gasteiger partial charge >= 0.3 is 5.97 Å². The molecule has 0 radical (unpaired) electrons. The number of nitrogens with one attached hydrogen (secondary N) is 1. The molecule has 2 aliphatic rings. The zero-order chi connectivity index (χ0) is 22.5. The normalized spacial score (nSPS) is 25.2. The van der Waals surface area contributed by atoms with Crippen LogP contribution in [-0.2, 0) is 16.1 Å². The Bertz CT molecular complexity index is 1240. The highest BCUT2D eigenvalue weighted by atomic mass is 79.9. The SMILES string of the molecule is C[C@@]1(C(=O)c2ccccc2)[C@@H]2c3cc(Br)ccc3OC(=O)[C@@]21C(=O)NCc1ccccc1. The van der Waals surface area contributed by atoms with Crippen LogP contribution in [0.5, 0.6) is 5.75 Å². The maximum absolute atomic E-state index is 13.7. The number of fused-ring (bicyclic) bond motifs is 3. The van der Waals surface area contributed by atoms with Crippen LogP contribution in [0, 0.1) is 10.8 Å². The monoisotopic (exact) mass is 489 g/mol. The van der Waals surface area contributed by atoms with Crippen LogP contribution in [0.1, 0.15) is 34.3 Å². The summed E-state index contributed by atoms with van der Waals surface area (Å²) in [6.45, 7) is 1.95. The van der Waals surface area contributed by atoms with Crippen molar-refractivity contribution in [2.24, 2.45) is 10.8 Å². The molecule has 0 unspecified atom stereocenters. The predicted octanol–water partition coefficient (Wildman–Crippen LogP) is 4.66. The lowest BCUT2D eigenvalue weighted by Crippen LogP contribution is -2.45. The minimum atomic E-state index is -1.62. The van der Waals surface area contributed by atoms with Crippen molar-refractivity contribution in [3.8, 4) is 5.75 Å². The minimum absolute atomic E-state index is 0.247. The first-order chi connectivity index (χ1) is 15.4. The molecule has 1 aliphatic carbocycles. The quantitative estimate of drug-likeness (QED) is 0.245. The van der Waals surface area contributed by atoms with Gasteiger partial charge in [0.2, 0.25) is 5.91 Å². The van der Waals surface area contributed by atoms with E-state index in [1.54, 1.807) is 43.3 Å². The predicted molar refractivity (Wildman–Crippen MR) is 122 cm³/mol. The molecule has 5 nitrogen and oxygen atoms in total. The molecule has 3 aromatic carbocycles. The molecule has 3 aromatic rings. The third-order valence-corrected chi connectivity index (χ3v) is 7.21. The summed E-state index contributed by atoms with van der Waals surface area (Å²) in [5, 5.41) is 2.88. The van der Waals surface area contributed by atoms with E-state index in [9.17, 15) is 14.4 Å². The fourth-order valence-electron chi connectivity index (χ4n) is 5.09. The van der Waals surface area contributed by atoms with Gasteiger partial charge in [-0.05, 0) is 30.7 Å². The van der Waals surface area contributed by atoms with Crippen molar-refractivity contribution in [2.45, 2.75) is 19.4 Å². The Morgan fingerprint density at radius 3 is 2.34 bits per heavy atom. The summed E-state index contributed by atoms with van der Waals surface area (Å²) < 4.78 is 6.41. The van der Waals surface area contributed by atoms with E-state index in [1.807, 2.05) is 42.5 Å². The highest BCUT2D eigenvalue weighted by molar-refractivity contribution is 9.10. The van der Waals surface area contributed by atoms with Crippen LogP contribution in [-0.4, -0.2) is 17.7 Å². The smallest absolute Gasteiger partial charge is 0.328 e. The molecule has 0 spiro atoms. The molecule has 1 aliphatic heterocycles. The Hall–Kier alpha value is -3.25. The van der Waals surface area contributed by atoms with Crippen LogP contribution in [0.15, 0.2) is 83.3 Å². The number of Topliss-reactive ketones (excluding diaryl/α,β-unsaturated/α-hetero) is 1. The molecule has 32 heavy (non-hydrogen) atoms. The first-order valence-electron chi connectivity index (χ1n) is 10.3. The Balaban J connectivity index is 1.59. The van der Waals surface area contributed by atoms with Gasteiger partial charge in [-0.15, -0.1) is 0 Å². The van der Waals surface area contributed by atoms with Crippen LogP contribution in [0.2, 0.25) is 0 Å². The van der Waals surface area contributed by atoms with E-state index in [4.69, 9.17) is 4.74 Å². The Kier molecular flexibility index (Phi) is 4.78. The third kappa shape index (κ3) is 2.79. The van der Waals surface area contributed by atoms with Gasteiger partial charge in [-0.3, -0.25) is 14.4 Å². The van der Waals surface area contributed by atoms with E-state index in [0.717, 1.165) is 10.0 Å². The fraction of sp³-hybridized carbons (Fsp3) is 0.192. The molecule has 1 N–H and O–H groups in total. The van der Waals surface area contributed by atoms with Gasteiger partial charge in [-0.25, -0.2) is 0 Å². The van der Waals surface area contributed by atoms with Crippen molar-refractivity contribution in [3.63, 3.8) is 0 Å². The average molecular weight is 490 g/mol. The first-order valence-corrected chi connectivity index (χ1v) is 11.1. The molecule has 3 atom stereocenters. The summed E-state index contributed by atoms with van der Waals surface area (Å²) in [6, 6.07) is 23.5. The van der Waals surface area contributed by atoms with Crippen molar-refractivity contribution >= 4 is 33.6 Å². The molecule has 160 valence electrons. The Labute approximate surface area is 193 Å². The topological polar surface area (TPSA) is 72.5 Å². The van der Waals surface area contributed by atoms with Crippen molar-refractivity contribution in [3.05, 3.63) is 100 Å². The lowest BCUT2D eigenvalue weighted by atomic mass is 9.86. The van der Waals surface area contributed by atoms with Crippen LogP contribution in [0.25, 0.3) is 0 Å². The fourth-order valence-corrected chi connectivity index (χ4v) is 5.47. The summed E-state index contributed by atoms with van der Waals surface area (Å²) in [5.74, 6) is -1.65. The molecule has 6 heteroatoms. The van der Waals surface area contributed by atoms with E-state index in [1.165, 1.54) is 0 Å². The van der Waals surface area contributed by atoms with Crippen molar-refractivity contribution in [1.82, 2.24) is 5.32 Å². The number of benzene rings is 3. The molecule has 0 saturated heterocycles. The lowest BCUT2D eigenvalue weighted by molar-refractivity contribution is -0.149. The molecule has 0 bridgehead atoms. The second kappa shape index (κ2) is 7.41. The minimum Gasteiger partial charge on any atom is -0.425 e. The molecule has 1 amide bonds. The van der Waals surface area contributed by atoms with Gasteiger partial charge in [-0.2, -0.15) is 0 Å². The van der Waals surface area contributed by atoms with Crippen molar-refractivity contribution in [2.75, 3.05) is 0 Å². The second-order valence-corrected chi connectivity index (χ2v) is 9.29.